The van der Waals surface area contributed by atoms with E-state index < -0.39 is 29.4 Å². The van der Waals surface area contributed by atoms with E-state index in [-0.39, 0.29) is 24.5 Å². The van der Waals surface area contributed by atoms with Gasteiger partial charge in [0.05, 0.1) is 11.0 Å². The minimum absolute atomic E-state index is 0.119. The van der Waals surface area contributed by atoms with E-state index in [9.17, 15) is 19.7 Å². The molecule has 0 saturated heterocycles. The summed E-state index contributed by atoms with van der Waals surface area (Å²) in [6.45, 7) is -0.263. The van der Waals surface area contributed by atoms with E-state index in [2.05, 4.69) is 5.32 Å². The van der Waals surface area contributed by atoms with Crippen LogP contribution in [0.3, 0.4) is 0 Å². The highest BCUT2D eigenvalue weighted by Gasteiger charge is 2.19. The third-order valence-corrected chi connectivity index (χ3v) is 2.64. The SMILES string of the molecule is COCCC(NC(=O)COc1cccc([N+](=O)[O-])c1)C(=O)O. The molecule has 9 heteroatoms. The predicted molar refractivity (Wildman–Crippen MR) is 74.7 cm³/mol. The fourth-order valence-corrected chi connectivity index (χ4v) is 1.56. The first kappa shape index (κ1) is 17.4. The van der Waals surface area contributed by atoms with Crippen molar-refractivity contribution in [2.45, 2.75) is 12.5 Å². The summed E-state index contributed by atoms with van der Waals surface area (Å²) in [6, 6.07) is 4.26. The van der Waals surface area contributed by atoms with Crippen LogP contribution in [0.5, 0.6) is 5.75 Å². The van der Waals surface area contributed by atoms with E-state index in [1.807, 2.05) is 0 Å². The van der Waals surface area contributed by atoms with Crippen molar-refractivity contribution < 1.29 is 29.1 Å². The van der Waals surface area contributed by atoms with E-state index in [0.29, 0.717) is 0 Å². The summed E-state index contributed by atoms with van der Waals surface area (Å²) in [5, 5.41) is 21.8. The number of carboxylic acids is 1. The molecule has 0 aliphatic heterocycles. The van der Waals surface area contributed by atoms with Gasteiger partial charge in [-0.15, -0.1) is 0 Å². The fraction of sp³-hybridized carbons (Fsp3) is 0.385. The van der Waals surface area contributed by atoms with E-state index >= 15 is 0 Å². The number of rotatable bonds is 9. The van der Waals surface area contributed by atoms with Crippen LogP contribution in [-0.4, -0.2) is 48.3 Å². The Morgan fingerprint density at radius 3 is 2.77 bits per heavy atom. The second kappa shape index (κ2) is 8.57. The Kier molecular flexibility index (Phi) is 6.77. The van der Waals surface area contributed by atoms with E-state index in [4.69, 9.17) is 14.6 Å². The quantitative estimate of drug-likeness (QED) is 0.504. The maximum absolute atomic E-state index is 11.6. The highest BCUT2D eigenvalue weighted by atomic mass is 16.6. The summed E-state index contributed by atoms with van der Waals surface area (Å²) in [6.07, 6.45) is 0.119. The fourth-order valence-electron chi connectivity index (χ4n) is 1.56. The lowest BCUT2D eigenvalue weighted by molar-refractivity contribution is -0.384. The summed E-state index contributed by atoms with van der Waals surface area (Å²) in [5.41, 5.74) is -0.165. The van der Waals surface area contributed by atoms with Crippen molar-refractivity contribution in [3.05, 3.63) is 34.4 Å². The van der Waals surface area contributed by atoms with Crippen LogP contribution in [0.1, 0.15) is 6.42 Å². The number of aliphatic carboxylic acids is 1. The molecule has 1 atom stereocenters. The molecule has 0 heterocycles. The second-order valence-corrected chi connectivity index (χ2v) is 4.28. The molecule has 120 valence electrons. The number of amides is 1. The van der Waals surface area contributed by atoms with Crippen molar-refractivity contribution in [2.24, 2.45) is 0 Å². The number of hydrogen-bond acceptors (Lipinski definition) is 6. The molecule has 22 heavy (non-hydrogen) atoms. The molecule has 0 bridgehead atoms. The summed E-state index contributed by atoms with van der Waals surface area (Å²) in [5.74, 6) is -1.68. The van der Waals surface area contributed by atoms with Crippen LogP contribution in [0.2, 0.25) is 0 Å². The van der Waals surface area contributed by atoms with Gasteiger partial charge in [-0.3, -0.25) is 14.9 Å². The van der Waals surface area contributed by atoms with Crippen molar-refractivity contribution in [1.29, 1.82) is 0 Å². The number of hydrogen-bond donors (Lipinski definition) is 2. The van der Waals surface area contributed by atoms with E-state index in [1.165, 1.54) is 31.4 Å². The highest BCUT2D eigenvalue weighted by Crippen LogP contribution is 2.18. The molecular formula is C13H16N2O7. The smallest absolute Gasteiger partial charge is 0.326 e. The van der Waals surface area contributed by atoms with Gasteiger partial charge in [0.25, 0.3) is 11.6 Å². The molecule has 1 aromatic carbocycles. The van der Waals surface area contributed by atoms with E-state index in [0.717, 1.165) is 0 Å². The molecule has 0 radical (unpaired) electrons. The average molecular weight is 312 g/mol. The lowest BCUT2D eigenvalue weighted by Crippen LogP contribution is -2.43. The van der Waals surface area contributed by atoms with Gasteiger partial charge < -0.3 is 19.9 Å². The van der Waals surface area contributed by atoms with Gasteiger partial charge in [-0.2, -0.15) is 0 Å². The van der Waals surface area contributed by atoms with Crippen LogP contribution in [-0.2, 0) is 14.3 Å². The zero-order valence-electron chi connectivity index (χ0n) is 11.9. The minimum atomic E-state index is -1.18. The summed E-state index contributed by atoms with van der Waals surface area (Å²) < 4.78 is 9.86. The third kappa shape index (κ3) is 5.75. The average Bonchev–Trinajstić information content (AvgIpc) is 2.49. The Hall–Kier alpha value is -2.68. The van der Waals surface area contributed by atoms with Crippen LogP contribution in [0.4, 0.5) is 5.69 Å². The predicted octanol–water partition coefficient (Wildman–Crippen LogP) is 0.579. The molecule has 1 unspecified atom stereocenters. The van der Waals surface area contributed by atoms with Crippen LogP contribution < -0.4 is 10.1 Å². The molecule has 1 amide bonds. The lowest BCUT2D eigenvalue weighted by atomic mass is 10.2. The first-order valence-electron chi connectivity index (χ1n) is 6.32. The molecule has 0 saturated carbocycles. The number of carbonyl (C=O) groups is 2. The van der Waals surface area contributed by atoms with Gasteiger partial charge in [-0.05, 0) is 6.07 Å². The van der Waals surface area contributed by atoms with Gasteiger partial charge in [-0.1, -0.05) is 6.07 Å². The van der Waals surface area contributed by atoms with Gasteiger partial charge in [0, 0.05) is 26.2 Å². The number of benzene rings is 1. The summed E-state index contributed by atoms with van der Waals surface area (Å²) in [7, 11) is 1.42. The number of nitro benzene ring substituents is 1. The van der Waals surface area contributed by atoms with Crippen LogP contribution >= 0.6 is 0 Å². The van der Waals surface area contributed by atoms with Gasteiger partial charge >= 0.3 is 5.97 Å². The van der Waals surface area contributed by atoms with Crippen molar-refractivity contribution >= 4 is 17.6 Å². The Balaban J connectivity index is 2.52. The Bertz CT molecular complexity index is 547. The zero-order valence-corrected chi connectivity index (χ0v) is 11.9. The number of non-ortho nitro benzene ring substituents is 1. The number of carboxylic acid groups (broad SMARTS) is 1. The van der Waals surface area contributed by atoms with Crippen molar-refractivity contribution in [3.8, 4) is 5.75 Å². The number of methoxy groups -OCH3 is 1. The Labute approximate surface area is 126 Å². The van der Waals surface area contributed by atoms with Crippen molar-refractivity contribution in [1.82, 2.24) is 5.32 Å². The van der Waals surface area contributed by atoms with E-state index in [1.54, 1.807) is 0 Å². The third-order valence-electron chi connectivity index (χ3n) is 2.64. The molecular weight excluding hydrogens is 296 g/mol. The number of nitrogens with one attached hydrogen (secondary N) is 1. The van der Waals surface area contributed by atoms with Gasteiger partial charge in [0.1, 0.15) is 11.8 Å². The standard InChI is InChI=1S/C13H16N2O7/c1-21-6-5-11(13(17)18)14-12(16)8-22-10-4-2-3-9(7-10)15(19)20/h2-4,7,11H,5-6,8H2,1H3,(H,14,16)(H,17,18). The molecule has 0 aliphatic carbocycles. The largest absolute Gasteiger partial charge is 0.484 e. The normalized spacial score (nSPS) is 11.5. The Morgan fingerprint density at radius 2 is 2.18 bits per heavy atom. The first-order valence-corrected chi connectivity index (χ1v) is 6.32. The number of nitrogens with zero attached hydrogens (tertiary/aromatic N) is 1. The molecule has 9 nitrogen and oxygen atoms in total. The maximum Gasteiger partial charge on any atom is 0.326 e. The molecule has 0 aliphatic rings. The molecule has 0 spiro atoms. The van der Waals surface area contributed by atoms with Gasteiger partial charge in [0.15, 0.2) is 6.61 Å². The number of carbonyl (C=O) groups excluding carboxylic acids is 1. The van der Waals surface area contributed by atoms with Crippen molar-refractivity contribution in [3.63, 3.8) is 0 Å². The zero-order chi connectivity index (χ0) is 16.5. The van der Waals surface area contributed by atoms with Gasteiger partial charge in [0.2, 0.25) is 0 Å². The monoisotopic (exact) mass is 312 g/mol. The molecule has 1 rings (SSSR count). The minimum Gasteiger partial charge on any atom is -0.484 e. The molecule has 0 fully saturated rings. The topological polar surface area (TPSA) is 128 Å². The van der Waals surface area contributed by atoms with Gasteiger partial charge in [-0.25, -0.2) is 4.79 Å². The second-order valence-electron chi connectivity index (χ2n) is 4.28. The molecule has 2 N–H and O–H groups in total. The first-order chi connectivity index (χ1) is 10.4. The van der Waals surface area contributed by atoms with Crippen LogP contribution in [0.15, 0.2) is 24.3 Å². The highest BCUT2D eigenvalue weighted by molar-refractivity contribution is 5.84. The number of ether oxygens (including phenoxy) is 2. The maximum atomic E-state index is 11.6. The lowest BCUT2D eigenvalue weighted by Gasteiger charge is -2.14. The molecule has 1 aromatic rings. The Morgan fingerprint density at radius 1 is 1.45 bits per heavy atom. The van der Waals surface area contributed by atoms with Crippen LogP contribution in [0.25, 0.3) is 0 Å². The molecule has 0 aromatic heterocycles. The summed E-state index contributed by atoms with van der Waals surface area (Å²) >= 11 is 0. The number of nitro groups is 1. The summed E-state index contributed by atoms with van der Waals surface area (Å²) in [4.78, 5) is 32.6. The van der Waals surface area contributed by atoms with Crippen LogP contribution in [0, 0.1) is 10.1 Å². The van der Waals surface area contributed by atoms with Crippen molar-refractivity contribution in [2.75, 3.05) is 20.3 Å².